The summed E-state index contributed by atoms with van der Waals surface area (Å²) in [5.41, 5.74) is 3.90. The molecule has 14 nitrogen and oxygen atoms in total. The van der Waals surface area contributed by atoms with Crippen LogP contribution in [0.4, 0.5) is 30.2 Å². The van der Waals surface area contributed by atoms with E-state index in [4.69, 9.17) is 4.74 Å². The lowest BCUT2D eigenvalue weighted by Gasteiger charge is -2.40. The van der Waals surface area contributed by atoms with E-state index in [9.17, 15) is 28.8 Å². The first-order valence-electron chi connectivity index (χ1n) is 22.5. The van der Waals surface area contributed by atoms with Gasteiger partial charge in [-0.1, -0.05) is 0 Å². The molecule has 0 bridgehead atoms. The number of alkyl halides is 1. The molecule has 0 saturated carbocycles. The number of halogens is 3. The van der Waals surface area contributed by atoms with Gasteiger partial charge in [-0.2, -0.15) is 5.26 Å². The van der Waals surface area contributed by atoms with Crippen molar-refractivity contribution in [3.8, 4) is 23.3 Å². The number of aryl methyl sites for hydroxylation is 1. The number of aromatic nitrogens is 2. The molecule has 1 unspecified atom stereocenters. The van der Waals surface area contributed by atoms with Crippen molar-refractivity contribution in [1.82, 2.24) is 24.7 Å². The zero-order chi connectivity index (χ0) is 45.8. The van der Waals surface area contributed by atoms with Crippen LogP contribution in [0.25, 0.3) is 16.6 Å². The molecule has 0 radical (unpaired) electrons. The first-order valence-corrected chi connectivity index (χ1v) is 22.5. The lowest BCUT2D eigenvalue weighted by atomic mass is 9.94. The molecule has 66 heavy (non-hydrogen) atoms. The van der Waals surface area contributed by atoms with E-state index in [2.05, 4.69) is 25.0 Å². The van der Waals surface area contributed by atoms with Crippen LogP contribution in [0.5, 0.6) is 11.5 Å². The number of anilines is 3. The molecular formula is C49H48F3N9O5. The number of nitriles is 1. The Hall–Kier alpha value is -6.93. The van der Waals surface area contributed by atoms with Crippen molar-refractivity contribution in [2.45, 2.75) is 57.8 Å². The largest absolute Gasteiger partial charge is 0.453 e. The van der Waals surface area contributed by atoms with Gasteiger partial charge in [-0.3, -0.25) is 34.0 Å². The van der Waals surface area contributed by atoms with Crippen LogP contribution in [0.2, 0.25) is 0 Å². The molecule has 340 valence electrons. The molecule has 10 rings (SSSR count). The van der Waals surface area contributed by atoms with Gasteiger partial charge in [0.2, 0.25) is 11.8 Å². The topological polar surface area (TPSA) is 147 Å². The van der Waals surface area contributed by atoms with E-state index >= 15 is 8.78 Å². The average molecular weight is 900 g/mol. The van der Waals surface area contributed by atoms with Crippen molar-refractivity contribution in [1.29, 1.82) is 5.26 Å². The summed E-state index contributed by atoms with van der Waals surface area (Å²) >= 11 is 0. The summed E-state index contributed by atoms with van der Waals surface area (Å²) in [4.78, 5) is 65.9. The fraction of sp³-hybridized carbons (Fsp3) is 0.388. The predicted molar refractivity (Wildman–Crippen MR) is 241 cm³/mol. The van der Waals surface area contributed by atoms with Gasteiger partial charge in [0.1, 0.15) is 35.9 Å². The van der Waals surface area contributed by atoms with Crippen molar-refractivity contribution in [3.05, 3.63) is 111 Å². The highest BCUT2D eigenvalue weighted by atomic mass is 19.1. The third-order valence-corrected chi connectivity index (χ3v) is 13.9. The van der Waals surface area contributed by atoms with E-state index < -0.39 is 29.8 Å². The number of fused-ring (bicyclic) bond motifs is 2. The number of hydrogen-bond donors (Lipinski definition) is 1. The number of nitrogens with zero attached hydrogens (tertiary/aromatic N) is 8. The number of carbonyl (C=O) groups is 3. The van der Waals surface area contributed by atoms with E-state index in [1.807, 2.05) is 37.3 Å². The number of piperazine rings is 1. The molecule has 1 aromatic heterocycles. The van der Waals surface area contributed by atoms with Crippen molar-refractivity contribution in [3.63, 3.8) is 0 Å². The molecule has 4 fully saturated rings. The Kier molecular flexibility index (Phi) is 11.4. The highest BCUT2D eigenvalue weighted by Gasteiger charge is 2.42. The van der Waals surface area contributed by atoms with Crippen molar-refractivity contribution < 1.29 is 32.3 Å². The average Bonchev–Trinajstić information content (AvgIpc) is 3.92. The monoisotopic (exact) mass is 899 g/mol. The van der Waals surface area contributed by atoms with Gasteiger partial charge >= 0.3 is 0 Å². The Morgan fingerprint density at radius 2 is 1.58 bits per heavy atom. The van der Waals surface area contributed by atoms with Gasteiger partial charge in [-0.05, 0) is 105 Å². The second kappa shape index (κ2) is 17.5. The molecule has 2 atom stereocenters. The summed E-state index contributed by atoms with van der Waals surface area (Å²) in [5.74, 6) is -2.08. The van der Waals surface area contributed by atoms with Crippen LogP contribution in [0, 0.1) is 35.8 Å². The minimum absolute atomic E-state index is 0.00665. The fourth-order valence-corrected chi connectivity index (χ4v) is 10.3. The maximum absolute atomic E-state index is 16.2. The molecule has 5 aliphatic rings. The first kappa shape index (κ1) is 43.0. The summed E-state index contributed by atoms with van der Waals surface area (Å²) in [6.45, 7) is 8.11. The molecular weight excluding hydrogens is 852 g/mol. The first-order chi connectivity index (χ1) is 31.9. The number of amides is 3. The number of benzene rings is 4. The van der Waals surface area contributed by atoms with E-state index in [1.165, 1.54) is 34.0 Å². The van der Waals surface area contributed by atoms with Gasteiger partial charge in [-0.15, -0.1) is 0 Å². The van der Waals surface area contributed by atoms with Gasteiger partial charge < -0.3 is 24.3 Å². The molecule has 0 aliphatic carbocycles. The normalized spacial score (nSPS) is 20.6. The summed E-state index contributed by atoms with van der Waals surface area (Å²) in [5, 5.41) is 12.5. The zero-order valence-electron chi connectivity index (χ0n) is 36.4. The SMILES string of the molecule is Cc1cc(N2CCC(CN3CCN(c4ccc(-n5cnc6ccc(Oc7c(F)ccc(N8CC[C@@H](F)C8)c7C#N)cc6c5=O)cc4)CC3)CC2)c(F)c2c1C(=O)N(C1CCC(=O)NC1=O)C2. The standard InChI is InChI=1S/C49H48F3N9O5/c1-29-22-42(45(52)37-27-60(49(65)44(29)37)41-10-11-43(62)55-47(41)63)58-15-12-30(13-16-58)25-56-18-20-57(21-19-56)32-2-4-33(5-3-32)61-28-54-39-8-6-34(23-35(39)48(61)64)66-46-36(24-53)40(9-7-38(46)51)59-17-14-31(50)26-59/h2-9,22-23,28,30-31,41H,10-21,25-27H2,1H3,(H,55,62,63)/t31-,41?/m1/s1. The summed E-state index contributed by atoms with van der Waals surface area (Å²) in [7, 11) is 0. The van der Waals surface area contributed by atoms with Crippen LogP contribution in [-0.4, -0.2) is 108 Å². The van der Waals surface area contributed by atoms with E-state index in [-0.39, 0.29) is 65.8 Å². The van der Waals surface area contributed by atoms with E-state index in [0.717, 1.165) is 51.3 Å². The van der Waals surface area contributed by atoms with Crippen molar-refractivity contribution in [2.75, 3.05) is 73.6 Å². The van der Waals surface area contributed by atoms with Crippen LogP contribution in [-0.2, 0) is 16.1 Å². The number of carbonyl (C=O) groups excluding carboxylic acids is 3. The van der Waals surface area contributed by atoms with Crippen LogP contribution in [0.3, 0.4) is 0 Å². The van der Waals surface area contributed by atoms with Gasteiger partial charge in [-0.25, -0.2) is 18.2 Å². The number of hydrogen-bond acceptors (Lipinski definition) is 11. The number of ether oxygens (including phenoxy) is 1. The summed E-state index contributed by atoms with van der Waals surface area (Å²) in [6, 6.07) is 18.0. The Morgan fingerprint density at radius 3 is 2.29 bits per heavy atom. The third kappa shape index (κ3) is 7.97. The maximum Gasteiger partial charge on any atom is 0.265 e. The molecule has 4 saturated heterocycles. The molecule has 3 amide bonds. The summed E-state index contributed by atoms with van der Waals surface area (Å²) < 4.78 is 52.6. The number of rotatable bonds is 9. The third-order valence-electron chi connectivity index (χ3n) is 13.9. The highest BCUT2D eigenvalue weighted by molar-refractivity contribution is 6.06. The van der Waals surface area contributed by atoms with Crippen LogP contribution in [0.15, 0.2) is 71.8 Å². The maximum atomic E-state index is 16.2. The van der Waals surface area contributed by atoms with E-state index in [0.29, 0.717) is 71.2 Å². The number of nitrogens with one attached hydrogen (secondary N) is 1. The Labute approximate surface area is 378 Å². The minimum atomic E-state index is -1.03. The van der Waals surface area contributed by atoms with E-state index in [1.54, 1.807) is 23.1 Å². The lowest BCUT2D eigenvalue weighted by molar-refractivity contribution is -0.136. The second-order valence-corrected chi connectivity index (χ2v) is 17.9. The zero-order valence-corrected chi connectivity index (χ0v) is 36.4. The van der Waals surface area contributed by atoms with Gasteiger partial charge in [0.15, 0.2) is 17.4 Å². The molecule has 5 aliphatic heterocycles. The molecule has 4 aromatic carbocycles. The van der Waals surface area contributed by atoms with Crippen molar-refractivity contribution >= 4 is 45.7 Å². The van der Waals surface area contributed by atoms with Gasteiger partial charge in [0.05, 0.1) is 40.1 Å². The Bertz CT molecular complexity index is 2870. The lowest BCUT2D eigenvalue weighted by Crippen LogP contribution is -2.52. The highest BCUT2D eigenvalue weighted by Crippen LogP contribution is 2.39. The minimum Gasteiger partial charge on any atom is -0.453 e. The Balaban J connectivity index is 0.743. The molecule has 6 heterocycles. The molecule has 0 spiro atoms. The molecule has 17 heteroatoms. The fourth-order valence-electron chi connectivity index (χ4n) is 10.3. The quantitative estimate of drug-likeness (QED) is 0.174. The van der Waals surface area contributed by atoms with Gasteiger partial charge in [0.25, 0.3) is 11.5 Å². The van der Waals surface area contributed by atoms with Crippen LogP contribution in [0.1, 0.15) is 59.2 Å². The Morgan fingerprint density at radius 1 is 0.833 bits per heavy atom. The molecule has 5 aromatic rings. The van der Waals surface area contributed by atoms with Crippen LogP contribution < -0.4 is 30.3 Å². The number of imide groups is 1. The second-order valence-electron chi connectivity index (χ2n) is 17.9. The van der Waals surface area contributed by atoms with Gasteiger partial charge in [0, 0.05) is 76.6 Å². The smallest absolute Gasteiger partial charge is 0.265 e. The molecule has 1 N–H and O–H groups in total. The van der Waals surface area contributed by atoms with Crippen LogP contribution >= 0.6 is 0 Å². The number of piperidine rings is 2. The summed E-state index contributed by atoms with van der Waals surface area (Å²) in [6.07, 6.45) is 2.95. The van der Waals surface area contributed by atoms with Crippen molar-refractivity contribution in [2.24, 2.45) is 5.92 Å². The predicted octanol–water partition coefficient (Wildman–Crippen LogP) is 5.98.